The van der Waals surface area contributed by atoms with E-state index in [0.29, 0.717) is 22.3 Å². The van der Waals surface area contributed by atoms with Crippen molar-refractivity contribution in [1.29, 1.82) is 0 Å². The molecule has 3 heterocycles. The first-order valence-electron chi connectivity index (χ1n) is 9.34. The molecule has 8 nitrogen and oxygen atoms in total. The van der Waals surface area contributed by atoms with Gasteiger partial charge in [0.05, 0.1) is 35.1 Å². The molecular weight excluding hydrogens is 387 g/mol. The van der Waals surface area contributed by atoms with Gasteiger partial charge in [-0.3, -0.25) is 14.5 Å². The Balaban J connectivity index is 1.79. The van der Waals surface area contributed by atoms with Gasteiger partial charge in [-0.25, -0.2) is 4.39 Å². The van der Waals surface area contributed by atoms with Gasteiger partial charge in [-0.1, -0.05) is 0 Å². The fourth-order valence-electron chi connectivity index (χ4n) is 3.21. The molecular formula is C21H21FN6O2. The summed E-state index contributed by atoms with van der Waals surface area (Å²) >= 11 is 0. The van der Waals surface area contributed by atoms with Crippen molar-refractivity contribution in [2.45, 2.75) is 26.0 Å². The number of amides is 1. The first-order chi connectivity index (χ1) is 14.2. The molecule has 0 fully saturated rings. The van der Waals surface area contributed by atoms with Crippen LogP contribution in [0.4, 0.5) is 4.39 Å². The minimum absolute atomic E-state index is 0.125. The van der Waals surface area contributed by atoms with E-state index in [4.69, 9.17) is 0 Å². The number of H-pyrrole nitrogens is 1. The van der Waals surface area contributed by atoms with Crippen LogP contribution in [-0.4, -0.2) is 40.9 Å². The number of rotatable bonds is 4. The van der Waals surface area contributed by atoms with Gasteiger partial charge in [-0.15, -0.1) is 0 Å². The Morgan fingerprint density at radius 3 is 2.80 bits per heavy atom. The summed E-state index contributed by atoms with van der Waals surface area (Å²) in [4.78, 5) is 24.4. The molecule has 0 aliphatic rings. The van der Waals surface area contributed by atoms with E-state index in [1.165, 1.54) is 18.3 Å². The standard InChI is InChI=1S/C21H21FN6O2/c1-21(2,30)12-28-18-9-15(22)4-5-16(18)25-20(28)26-19(29)13-6-7-23-17(8-13)14-10-24-27(3)11-14/h4-11,30H,12H2,1-3H3,(H,25,26,29). The van der Waals surface area contributed by atoms with Crippen molar-refractivity contribution in [3.63, 3.8) is 0 Å². The van der Waals surface area contributed by atoms with E-state index in [-0.39, 0.29) is 12.2 Å². The van der Waals surface area contributed by atoms with Crippen molar-refractivity contribution in [3.8, 4) is 11.3 Å². The van der Waals surface area contributed by atoms with Crippen LogP contribution in [0.1, 0.15) is 24.2 Å². The lowest BCUT2D eigenvalue weighted by atomic mass is 10.1. The number of aromatic nitrogens is 5. The molecule has 0 spiro atoms. The maximum Gasteiger partial charge on any atom is 0.280 e. The van der Waals surface area contributed by atoms with Gasteiger partial charge in [-0.05, 0) is 44.2 Å². The van der Waals surface area contributed by atoms with Gasteiger partial charge in [0, 0.05) is 30.6 Å². The number of hydrogen-bond donors (Lipinski definition) is 2. The highest BCUT2D eigenvalue weighted by Crippen LogP contribution is 2.18. The molecule has 4 aromatic rings. The van der Waals surface area contributed by atoms with Gasteiger partial charge in [0.2, 0.25) is 5.62 Å². The molecule has 4 rings (SSSR count). The largest absolute Gasteiger partial charge is 0.389 e. The van der Waals surface area contributed by atoms with Crippen LogP contribution < -0.4 is 5.62 Å². The van der Waals surface area contributed by atoms with Gasteiger partial charge in [0.1, 0.15) is 5.82 Å². The number of pyridine rings is 1. The van der Waals surface area contributed by atoms with Crippen LogP contribution in [0.15, 0.2) is 53.9 Å². The number of aryl methyl sites for hydroxylation is 1. The first kappa shape index (κ1) is 19.7. The molecule has 0 unspecified atom stereocenters. The summed E-state index contributed by atoms with van der Waals surface area (Å²) in [5.41, 5.74) is 1.99. The van der Waals surface area contributed by atoms with Gasteiger partial charge in [0.15, 0.2) is 0 Å². The van der Waals surface area contributed by atoms with Crippen molar-refractivity contribution in [2.75, 3.05) is 0 Å². The van der Waals surface area contributed by atoms with Gasteiger partial charge in [-0.2, -0.15) is 10.1 Å². The molecule has 0 saturated carbocycles. The molecule has 154 valence electrons. The zero-order valence-electron chi connectivity index (χ0n) is 16.8. The summed E-state index contributed by atoms with van der Waals surface area (Å²) in [6.45, 7) is 3.39. The summed E-state index contributed by atoms with van der Waals surface area (Å²) in [6.07, 6.45) is 5.01. The summed E-state index contributed by atoms with van der Waals surface area (Å²) in [5.74, 6) is -0.904. The molecule has 1 aromatic carbocycles. The highest BCUT2D eigenvalue weighted by Gasteiger charge is 2.18. The highest BCUT2D eigenvalue weighted by atomic mass is 19.1. The lowest BCUT2D eigenvalue weighted by Gasteiger charge is -2.18. The topological polar surface area (TPSA) is 101 Å². The van der Waals surface area contributed by atoms with Crippen molar-refractivity contribution < 1.29 is 14.3 Å². The smallest absolute Gasteiger partial charge is 0.280 e. The maximum atomic E-state index is 13.8. The van der Waals surface area contributed by atoms with Crippen molar-refractivity contribution in [3.05, 3.63) is 65.9 Å². The molecule has 0 saturated heterocycles. The molecule has 0 radical (unpaired) electrons. The fraction of sp³-hybridized carbons (Fsp3) is 0.238. The lowest BCUT2D eigenvalue weighted by molar-refractivity contribution is 0.0612. The number of carbonyl (C=O) groups excluding carboxylic acids is 1. The number of nitrogens with zero attached hydrogens (tertiary/aromatic N) is 5. The number of fused-ring (bicyclic) bond motifs is 1. The molecule has 1 amide bonds. The molecule has 0 aliphatic carbocycles. The van der Waals surface area contributed by atoms with E-state index in [1.807, 2.05) is 0 Å². The van der Waals surface area contributed by atoms with E-state index in [1.54, 1.807) is 60.7 Å². The normalized spacial score (nSPS) is 12.6. The van der Waals surface area contributed by atoms with Gasteiger partial charge in [0.25, 0.3) is 5.91 Å². The minimum Gasteiger partial charge on any atom is -0.389 e. The Labute approximate surface area is 171 Å². The monoisotopic (exact) mass is 408 g/mol. The van der Waals surface area contributed by atoms with E-state index in [0.717, 1.165) is 5.56 Å². The van der Waals surface area contributed by atoms with Crippen LogP contribution in [0, 0.1) is 5.82 Å². The third kappa shape index (κ3) is 4.06. The second-order valence-corrected chi connectivity index (χ2v) is 7.76. The Hall–Kier alpha value is -3.59. The van der Waals surface area contributed by atoms with Crippen LogP contribution in [0.3, 0.4) is 0 Å². The molecule has 3 aromatic heterocycles. The average molecular weight is 408 g/mol. The predicted octanol–water partition coefficient (Wildman–Crippen LogP) is 2.42. The SMILES string of the molecule is Cn1cc(-c2cc(C(=O)/N=c3\[nH]c4ccc(F)cc4n3CC(C)(C)O)ccn2)cn1. The van der Waals surface area contributed by atoms with Crippen LogP contribution in [0.2, 0.25) is 0 Å². The average Bonchev–Trinajstić information content (AvgIpc) is 3.25. The number of carbonyl (C=O) groups is 1. The van der Waals surface area contributed by atoms with E-state index in [2.05, 4.69) is 20.1 Å². The maximum absolute atomic E-state index is 13.8. The Kier molecular flexibility index (Phi) is 4.83. The Morgan fingerprint density at radius 1 is 1.30 bits per heavy atom. The molecule has 0 atom stereocenters. The second kappa shape index (κ2) is 7.34. The number of benzene rings is 1. The molecule has 30 heavy (non-hydrogen) atoms. The lowest BCUT2D eigenvalue weighted by Crippen LogP contribution is -2.32. The van der Waals surface area contributed by atoms with Crippen LogP contribution in [-0.2, 0) is 13.6 Å². The molecule has 9 heteroatoms. The third-order valence-electron chi connectivity index (χ3n) is 4.51. The number of aliphatic hydroxyl groups is 1. The number of hydrogen-bond acceptors (Lipinski definition) is 4. The predicted molar refractivity (Wildman–Crippen MR) is 109 cm³/mol. The molecule has 0 bridgehead atoms. The number of imidazole rings is 1. The summed E-state index contributed by atoms with van der Waals surface area (Å²) in [6, 6.07) is 7.46. The van der Waals surface area contributed by atoms with E-state index < -0.39 is 17.3 Å². The summed E-state index contributed by atoms with van der Waals surface area (Å²) < 4.78 is 17.0. The van der Waals surface area contributed by atoms with Crippen molar-refractivity contribution >= 4 is 16.9 Å². The van der Waals surface area contributed by atoms with Crippen LogP contribution >= 0.6 is 0 Å². The van der Waals surface area contributed by atoms with Gasteiger partial charge < -0.3 is 14.7 Å². The molecule has 0 aliphatic heterocycles. The fourth-order valence-corrected chi connectivity index (χ4v) is 3.21. The van der Waals surface area contributed by atoms with E-state index >= 15 is 0 Å². The van der Waals surface area contributed by atoms with Crippen molar-refractivity contribution in [2.24, 2.45) is 12.0 Å². The Morgan fingerprint density at radius 2 is 2.10 bits per heavy atom. The van der Waals surface area contributed by atoms with E-state index in [9.17, 15) is 14.3 Å². The van der Waals surface area contributed by atoms with Crippen molar-refractivity contribution in [1.82, 2.24) is 24.3 Å². The summed E-state index contributed by atoms with van der Waals surface area (Å²) in [7, 11) is 1.80. The van der Waals surface area contributed by atoms with Gasteiger partial charge >= 0.3 is 0 Å². The number of halogens is 1. The zero-order valence-corrected chi connectivity index (χ0v) is 16.8. The Bertz CT molecular complexity index is 1310. The summed E-state index contributed by atoms with van der Waals surface area (Å²) in [5, 5.41) is 14.4. The molecule has 2 N–H and O–H groups in total. The highest BCUT2D eigenvalue weighted by molar-refractivity contribution is 5.95. The number of aromatic amines is 1. The van der Waals surface area contributed by atoms with Crippen LogP contribution in [0.5, 0.6) is 0 Å². The first-order valence-corrected chi connectivity index (χ1v) is 9.34. The minimum atomic E-state index is -1.09. The third-order valence-corrected chi connectivity index (χ3v) is 4.51. The second-order valence-electron chi connectivity index (χ2n) is 7.76. The van der Waals surface area contributed by atoms with Crippen LogP contribution in [0.25, 0.3) is 22.3 Å². The zero-order chi connectivity index (χ0) is 21.5. The number of nitrogens with one attached hydrogen (secondary N) is 1. The quantitative estimate of drug-likeness (QED) is 0.541.